The van der Waals surface area contributed by atoms with Gasteiger partial charge in [-0.15, -0.1) is 0 Å². The molecule has 3 nitrogen and oxygen atoms in total. The molecule has 1 rings (SSSR count). The van der Waals surface area contributed by atoms with Crippen LogP contribution in [0.3, 0.4) is 0 Å². The second kappa shape index (κ2) is 6.17. The SMILES string of the molecule is CNC(C)C(C)(C)CN1CCC(N(C)C)CC1. The average Bonchev–Trinajstić information content (AvgIpc) is 2.28. The Balaban J connectivity index is 2.40. The number of piperidine rings is 1. The molecular formula is C14H31N3. The summed E-state index contributed by atoms with van der Waals surface area (Å²) < 4.78 is 0. The fourth-order valence-corrected chi connectivity index (χ4v) is 2.70. The van der Waals surface area contributed by atoms with Crippen LogP contribution < -0.4 is 5.32 Å². The lowest BCUT2D eigenvalue weighted by Gasteiger charge is -2.41. The first kappa shape index (κ1) is 14.9. The first-order valence-corrected chi connectivity index (χ1v) is 6.93. The van der Waals surface area contributed by atoms with Crippen molar-refractivity contribution in [1.29, 1.82) is 0 Å². The summed E-state index contributed by atoms with van der Waals surface area (Å²) in [5.74, 6) is 0. The zero-order valence-corrected chi connectivity index (χ0v) is 12.6. The molecule has 102 valence electrons. The fraction of sp³-hybridized carbons (Fsp3) is 1.00. The molecule has 0 saturated carbocycles. The molecule has 0 amide bonds. The number of rotatable bonds is 5. The Morgan fingerprint density at radius 3 is 2.24 bits per heavy atom. The molecule has 1 unspecified atom stereocenters. The second-order valence-corrected chi connectivity index (χ2v) is 6.47. The maximum Gasteiger partial charge on any atom is 0.0113 e. The van der Waals surface area contributed by atoms with Crippen molar-refractivity contribution >= 4 is 0 Å². The molecule has 0 aromatic carbocycles. The molecule has 0 aromatic rings. The molecule has 1 fully saturated rings. The maximum atomic E-state index is 3.39. The van der Waals surface area contributed by atoms with E-state index in [4.69, 9.17) is 0 Å². The summed E-state index contributed by atoms with van der Waals surface area (Å²) in [5.41, 5.74) is 0.347. The molecule has 1 atom stereocenters. The molecule has 0 bridgehead atoms. The molecule has 1 heterocycles. The van der Waals surface area contributed by atoms with E-state index in [9.17, 15) is 0 Å². The van der Waals surface area contributed by atoms with E-state index in [0.29, 0.717) is 11.5 Å². The Morgan fingerprint density at radius 1 is 1.29 bits per heavy atom. The van der Waals surface area contributed by atoms with E-state index in [0.717, 1.165) is 6.04 Å². The van der Waals surface area contributed by atoms with Gasteiger partial charge in [0.25, 0.3) is 0 Å². The molecule has 17 heavy (non-hydrogen) atoms. The summed E-state index contributed by atoms with van der Waals surface area (Å²) in [6.07, 6.45) is 2.63. The lowest BCUT2D eigenvalue weighted by Crippen LogP contribution is -2.49. The van der Waals surface area contributed by atoms with Crippen molar-refractivity contribution in [3.05, 3.63) is 0 Å². The largest absolute Gasteiger partial charge is 0.317 e. The first-order chi connectivity index (χ1) is 7.86. The molecule has 1 aliphatic heterocycles. The Hall–Kier alpha value is -0.120. The predicted octanol–water partition coefficient (Wildman–Crippen LogP) is 1.65. The highest BCUT2D eigenvalue weighted by atomic mass is 15.2. The lowest BCUT2D eigenvalue weighted by molar-refractivity contribution is 0.0939. The Bertz CT molecular complexity index is 218. The van der Waals surface area contributed by atoms with Crippen molar-refractivity contribution in [2.75, 3.05) is 40.8 Å². The van der Waals surface area contributed by atoms with E-state index in [1.807, 2.05) is 0 Å². The van der Waals surface area contributed by atoms with Crippen LogP contribution in [0.25, 0.3) is 0 Å². The highest BCUT2D eigenvalue weighted by molar-refractivity contribution is 4.86. The summed E-state index contributed by atoms with van der Waals surface area (Å²) in [4.78, 5) is 5.01. The van der Waals surface area contributed by atoms with Gasteiger partial charge in [0, 0.05) is 18.6 Å². The van der Waals surface area contributed by atoms with Gasteiger partial charge in [-0.25, -0.2) is 0 Å². The topological polar surface area (TPSA) is 18.5 Å². The van der Waals surface area contributed by atoms with Crippen LogP contribution in [0, 0.1) is 5.41 Å². The number of hydrogen-bond donors (Lipinski definition) is 1. The van der Waals surface area contributed by atoms with Crippen LogP contribution in [0.15, 0.2) is 0 Å². The van der Waals surface area contributed by atoms with E-state index in [-0.39, 0.29) is 0 Å². The number of hydrogen-bond acceptors (Lipinski definition) is 3. The summed E-state index contributed by atoms with van der Waals surface area (Å²) in [7, 11) is 6.46. The van der Waals surface area contributed by atoms with Crippen molar-refractivity contribution < 1.29 is 0 Å². The van der Waals surface area contributed by atoms with E-state index in [1.54, 1.807) is 0 Å². The van der Waals surface area contributed by atoms with Crippen molar-refractivity contribution in [2.24, 2.45) is 5.41 Å². The number of nitrogens with zero attached hydrogens (tertiary/aromatic N) is 2. The van der Waals surface area contributed by atoms with E-state index < -0.39 is 0 Å². The average molecular weight is 241 g/mol. The van der Waals surface area contributed by atoms with Gasteiger partial charge in [0.15, 0.2) is 0 Å². The van der Waals surface area contributed by atoms with Crippen LogP contribution in [-0.2, 0) is 0 Å². The van der Waals surface area contributed by atoms with Crippen LogP contribution >= 0.6 is 0 Å². The van der Waals surface area contributed by atoms with Gasteiger partial charge in [-0.1, -0.05) is 13.8 Å². The molecule has 0 spiro atoms. The summed E-state index contributed by atoms with van der Waals surface area (Å²) in [6, 6.07) is 1.35. The van der Waals surface area contributed by atoms with Gasteiger partial charge < -0.3 is 15.1 Å². The molecule has 0 aliphatic carbocycles. The minimum atomic E-state index is 0.347. The summed E-state index contributed by atoms with van der Waals surface area (Å²) in [6.45, 7) is 10.7. The lowest BCUT2D eigenvalue weighted by atomic mass is 9.84. The smallest absolute Gasteiger partial charge is 0.0113 e. The third-order valence-corrected chi connectivity index (χ3v) is 4.52. The van der Waals surface area contributed by atoms with Crippen molar-refractivity contribution in [2.45, 2.75) is 45.7 Å². The predicted molar refractivity (Wildman–Crippen MR) is 75.5 cm³/mol. The third kappa shape index (κ3) is 4.23. The molecular weight excluding hydrogens is 210 g/mol. The molecule has 1 saturated heterocycles. The van der Waals surface area contributed by atoms with E-state index in [2.05, 4.69) is 57.0 Å². The van der Waals surface area contributed by atoms with Gasteiger partial charge in [0.05, 0.1) is 0 Å². The molecule has 3 heteroatoms. The van der Waals surface area contributed by atoms with Gasteiger partial charge in [-0.05, 0) is 59.4 Å². The minimum Gasteiger partial charge on any atom is -0.317 e. The van der Waals surface area contributed by atoms with Crippen molar-refractivity contribution in [1.82, 2.24) is 15.1 Å². The van der Waals surface area contributed by atoms with Crippen LogP contribution in [0.4, 0.5) is 0 Å². The molecule has 0 radical (unpaired) electrons. The van der Waals surface area contributed by atoms with Gasteiger partial charge in [0.2, 0.25) is 0 Å². The fourth-order valence-electron chi connectivity index (χ4n) is 2.70. The first-order valence-electron chi connectivity index (χ1n) is 6.93. The Labute approximate surface area is 108 Å². The van der Waals surface area contributed by atoms with Crippen LogP contribution in [0.2, 0.25) is 0 Å². The Kier molecular flexibility index (Phi) is 5.42. The normalized spacial score (nSPS) is 22.1. The van der Waals surface area contributed by atoms with Gasteiger partial charge >= 0.3 is 0 Å². The van der Waals surface area contributed by atoms with Crippen LogP contribution in [0.5, 0.6) is 0 Å². The zero-order chi connectivity index (χ0) is 13.1. The van der Waals surface area contributed by atoms with Gasteiger partial charge in [-0.2, -0.15) is 0 Å². The second-order valence-electron chi connectivity index (χ2n) is 6.47. The van der Waals surface area contributed by atoms with Crippen LogP contribution in [-0.4, -0.2) is 62.7 Å². The minimum absolute atomic E-state index is 0.347. The quantitative estimate of drug-likeness (QED) is 0.789. The van der Waals surface area contributed by atoms with E-state index in [1.165, 1.54) is 32.5 Å². The van der Waals surface area contributed by atoms with Crippen molar-refractivity contribution in [3.63, 3.8) is 0 Å². The van der Waals surface area contributed by atoms with Crippen molar-refractivity contribution in [3.8, 4) is 0 Å². The highest BCUT2D eigenvalue weighted by Gasteiger charge is 2.29. The summed E-state index contributed by atoms with van der Waals surface area (Å²) >= 11 is 0. The zero-order valence-electron chi connectivity index (χ0n) is 12.6. The monoisotopic (exact) mass is 241 g/mol. The molecule has 1 N–H and O–H groups in total. The number of likely N-dealkylation sites (tertiary alicyclic amines) is 1. The summed E-state index contributed by atoms with van der Waals surface area (Å²) in [5, 5.41) is 3.39. The van der Waals surface area contributed by atoms with Gasteiger partial charge in [-0.3, -0.25) is 0 Å². The van der Waals surface area contributed by atoms with Gasteiger partial charge in [0.1, 0.15) is 0 Å². The van der Waals surface area contributed by atoms with E-state index >= 15 is 0 Å². The number of nitrogens with one attached hydrogen (secondary N) is 1. The third-order valence-electron chi connectivity index (χ3n) is 4.52. The maximum absolute atomic E-state index is 3.39. The standard InChI is InChI=1S/C14H31N3/c1-12(15-4)14(2,3)11-17-9-7-13(8-10-17)16(5)6/h12-13,15H,7-11H2,1-6H3. The Morgan fingerprint density at radius 2 is 1.82 bits per heavy atom. The molecule has 0 aromatic heterocycles. The van der Waals surface area contributed by atoms with Crippen LogP contribution in [0.1, 0.15) is 33.6 Å². The molecule has 1 aliphatic rings. The highest BCUT2D eigenvalue weighted by Crippen LogP contribution is 2.24.